The lowest BCUT2D eigenvalue weighted by molar-refractivity contribution is -0.386. The molecule has 0 saturated heterocycles. The van der Waals surface area contributed by atoms with Gasteiger partial charge in [0.2, 0.25) is 0 Å². The van der Waals surface area contributed by atoms with Crippen molar-refractivity contribution in [1.29, 1.82) is 0 Å². The number of nitrogens with zero attached hydrogens (tertiary/aromatic N) is 1. The lowest BCUT2D eigenvalue weighted by atomic mass is 10.0. The van der Waals surface area contributed by atoms with Crippen molar-refractivity contribution in [2.45, 2.75) is 38.7 Å². The number of ketones is 1. The van der Waals surface area contributed by atoms with E-state index in [0.717, 1.165) is 31.0 Å². The maximum absolute atomic E-state index is 13.2. The van der Waals surface area contributed by atoms with Crippen LogP contribution in [0, 0.1) is 21.8 Å². The molecule has 2 rings (SSSR count). The Kier molecular flexibility index (Phi) is 4.32. The van der Waals surface area contributed by atoms with Crippen molar-refractivity contribution < 1.29 is 18.8 Å². The first-order valence-corrected chi connectivity index (χ1v) is 6.55. The van der Waals surface area contributed by atoms with E-state index in [9.17, 15) is 19.3 Å². The summed E-state index contributed by atoms with van der Waals surface area (Å²) in [4.78, 5) is 21.4. The van der Waals surface area contributed by atoms with Crippen LogP contribution in [-0.4, -0.2) is 16.8 Å². The number of halogens is 1. The Morgan fingerprint density at radius 2 is 2.25 bits per heavy atom. The van der Waals surface area contributed by atoms with E-state index < -0.39 is 10.7 Å². The topological polar surface area (TPSA) is 69.4 Å². The molecule has 0 heterocycles. The number of nitro benzene ring substituents is 1. The molecular formula is C14H16FNO4. The Morgan fingerprint density at radius 3 is 2.90 bits per heavy atom. The van der Waals surface area contributed by atoms with Crippen LogP contribution in [0.4, 0.5) is 10.1 Å². The van der Waals surface area contributed by atoms with Crippen molar-refractivity contribution >= 4 is 11.5 Å². The highest BCUT2D eigenvalue weighted by Gasteiger charge is 2.29. The molecular weight excluding hydrogens is 265 g/mol. The molecule has 1 aliphatic carbocycles. The average molecular weight is 281 g/mol. The summed E-state index contributed by atoms with van der Waals surface area (Å²) in [5.41, 5.74) is -0.235. The van der Waals surface area contributed by atoms with E-state index in [2.05, 4.69) is 0 Å². The molecule has 0 N–H and O–H groups in total. The molecule has 6 heteroatoms. The van der Waals surface area contributed by atoms with Gasteiger partial charge in [-0.2, -0.15) is 0 Å². The summed E-state index contributed by atoms with van der Waals surface area (Å²) in [6, 6.07) is 3.18. The Labute approximate surface area is 115 Å². The van der Waals surface area contributed by atoms with Crippen molar-refractivity contribution in [2.24, 2.45) is 5.92 Å². The maximum atomic E-state index is 13.2. The minimum absolute atomic E-state index is 0.0384. The number of Topliss-reactive ketones (excluding diaryl/α,β-unsaturated/α-hetero) is 1. The smallest absolute Gasteiger partial charge is 0.311 e. The number of benzene rings is 1. The molecule has 5 nitrogen and oxygen atoms in total. The molecule has 0 amide bonds. The van der Waals surface area contributed by atoms with Gasteiger partial charge >= 0.3 is 5.69 Å². The highest BCUT2D eigenvalue weighted by Crippen LogP contribution is 2.35. The standard InChI is InChI=1S/C14H16FNO4/c1-9(17)6-10-2-4-12(7-10)20-14-8-11(15)3-5-13(14)16(18)19/h3,5,8,10,12H,2,4,6-7H2,1H3/t10-,12+/m1/s1. The van der Waals surface area contributed by atoms with Gasteiger partial charge in [-0.05, 0) is 38.2 Å². The van der Waals surface area contributed by atoms with Gasteiger partial charge in [-0.15, -0.1) is 0 Å². The number of hydrogen-bond acceptors (Lipinski definition) is 4. The molecule has 1 aliphatic rings. The predicted octanol–water partition coefficient (Wildman–Crippen LogP) is 3.26. The molecule has 0 aromatic heterocycles. The number of carbonyl (C=O) groups is 1. The fourth-order valence-electron chi connectivity index (χ4n) is 2.64. The first-order valence-electron chi connectivity index (χ1n) is 6.55. The first kappa shape index (κ1) is 14.4. The SMILES string of the molecule is CC(=O)C[C@H]1CC[C@H](Oc2cc(F)ccc2[N+](=O)[O-])C1. The van der Waals surface area contributed by atoms with E-state index in [1.54, 1.807) is 6.92 Å². The number of nitro groups is 1. The van der Waals surface area contributed by atoms with Crippen LogP contribution in [-0.2, 0) is 4.79 Å². The van der Waals surface area contributed by atoms with Gasteiger partial charge in [0.25, 0.3) is 0 Å². The van der Waals surface area contributed by atoms with E-state index >= 15 is 0 Å². The average Bonchev–Trinajstić information content (AvgIpc) is 2.75. The Bertz CT molecular complexity index is 532. The van der Waals surface area contributed by atoms with Gasteiger partial charge in [-0.1, -0.05) is 0 Å². The third-order valence-electron chi connectivity index (χ3n) is 3.48. The maximum Gasteiger partial charge on any atom is 0.311 e. The van der Waals surface area contributed by atoms with Gasteiger partial charge in [-0.25, -0.2) is 4.39 Å². The minimum Gasteiger partial charge on any atom is -0.483 e. The first-order chi connectivity index (χ1) is 9.45. The van der Waals surface area contributed by atoms with Crippen molar-refractivity contribution in [3.8, 4) is 5.75 Å². The largest absolute Gasteiger partial charge is 0.483 e. The molecule has 0 bridgehead atoms. The van der Waals surface area contributed by atoms with E-state index in [1.807, 2.05) is 0 Å². The molecule has 1 aromatic rings. The summed E-state index contributed by atoms with van der Waals surface area (Å²) in [6.07, 6.45) is 2.57. The normalized spacial score (nSPS) is 21.7. The van der Waals surface area contributed by atoms with E-state index in [0.29, 0.717) is 12.8 Å². The Hall–Kier alpha value is -1.98. The molecule has 108 valence electrons. The van der Waals surface area contributed by atoms with Gasteiger partial charge in [0.05, 0.1) is 11.0 Å². The van der Waals surface area contributed by atoms with Crippen molar-refractivity contribution in [3.63, 3.8) is 0 Å². The number of rotatable bonds is 5. The zero-order chi connectivity index (χ0) is 14.7. The summed E-state index contributed by atoms with van der Waals surface area (Å²) in [5.74, 6) is -0.218. The summed E-state index contributed by atoms with van der Waals surface area (Å²) in [7, 11) is 0. The highest BCUT2D eigenvalue weighted by molar-refractivity contribution is 5.75. The highest BCUT2D eigenvalue weighted by atomic mass is 19.1. The minimum atomic E-state index is -0.587. The van der Waals surface area contributed by atoms with Crippen molar-refractivity contribution in [3.05, 3.63) is 34.1 Å². The second-order valence-corrected chi connectivity index (χ2v) is 5.19. The van der Waals surface area contributed by atoms with Crippen molar-refractivity contribution in [1.82, 2.24) is 0 Å². The van der Waals surface area contributed by atoms with Gasteiger partial charge in [0.1, 0.15) is 11.6 Å². The number of ether oxygens (including phenoxy) is 1. The molecule has 0 spiro atoms. The van der Waals surface area contributed by atoms with Crippen LogP contribution in [0.15, 0.2) is 18.2 Å². The van der Waals surface area contributed by atoms with Crippen LogP contribution in [0.2, 0.25) is 0 Å². The molecule has 0 radical (unpaired) electrons. The molecule has 0 unspecified atom stereocenters. The molecule has 1 aromatic carbocycles. The fourth-order valence-corrected chi connectivity index (χ4v) is 2.64. The lowest BCUT2D eigenvalue weighted by Crippen LogP contribution is -2.14. The van der Waals surface area contributed by atoms with E-state index in [1.165, 1.54) is 0 Å². The van der Waals surface area contributed by atoms with E-state index in [-0.39, 0.29) is 29.2 Å². The van der Waals surface area contributed by atoms with Crippen molar-refractivity contribution in [2.75, 3.05) is 0 Å². The summed E-state index contributed by atoms with van der Waals surface area (Å²) >= 11 is 0. The fraction of sp³-hybridized carbons (Fsp3) is 0.500. The predicted molar refractivity (Wildman–Crippen MR) is 70.1 cm³/mol. The Balaban J connectivity index is 2.05. The summed E-state index contributed by atoms with van der Waals surface area (Å²) in [6.45, 7) is 1.55. The third kappa shape index (κ3) is 3.53. The van der Waals surface area contributed by atoms with E-state index in [4.69, 9.17) is 4.74 Å². The zero-order valence-electron chi connectivity index (χ0n) is 11.2. The van der Waals surface area contributed by atoms with Crippen LogP contribution in [0.5, 0.6) is 5.75 Å². The summed E-state index contributed by atoms with van der Waals surface area (Å²) in [5, 5.41) is 10.9. The van der Waals surface area contributed by atoms with Crippen LogP contribution in [0.25, 0.3) is 0 Å². The number of carbonyl (C=O) groups excluding carboxylic acids is 1. The molecule has 1 saturated carbocycles. The zero-order valence-corrected chi connectivity index (χ0v) is 11.2. The molecule has 1 fully saturated rings. The van der Waals surface area contributed by atoms with Gasteiger partial charge in [0.15, 0.2) is 5.75 Å². The number of hydrogen-bond donors (Lipinski definition) is 0. The third-order valence-corrected chi connectivity index (χ3v) is 3.48. The second kappa shape index (κ2) is 5.98. The van der Waals surface area contributed by atoms with Crippen LogP contribution in [0.1, 0.15) is 32.6 Å². The van der Waals surface area contributed by atoms with Crippen LogP contribution >= 0.6 is 0 Å². The quantitative estimate of drug-likeness (QED) is 0.613. The van der Waals surface area contributed by atoms with Gasteiger partial charge in [0, 0.05) is 18.6 Å². The van der Waals surface area contributed by atoms with Gasteiger partial charge in [-0.3, -0.25) is 10.1 Å². The van der Waals surface area contributed by atoms with Crippen LogP contribution in [0.3, 0.4) is 0 Å². The van der Waals surface area contributed by atoms with Crippen LogP contribution < -0.4 is 4.74 Å². The second-order valence-electron chi connectivity index (χ2n) is 5.19. The molecule has 0 aliphatic heterocycles. The van der Waals surface area contributed by atoms with Gasteiger partial charge < -0.3 is 9.53 Å². The Morgan fingerprint density at radius 1 is 1.50 bits per heavy atom. The monoisotopic (exact) mass is 281 g/mol. The molecule has 20 heavy (non-hydrogen) atoms. The summed E-state index contributed by atoms with van der Waals surface area (Å²) < 4.78 is 18.8. The molecule has 2 atom stereocenters. The lowest BCUT2D eigenvalue weighted by Gasteiger charge is -2.14.